The van der Waals surface area contributed by atoms with Crippen LogP contribution in [0.5, 0.6) is 0 Å². The molecule has 1 saturated heterocycles. The highest BCUT2D eigenvalue weighted by Crippen LogP contribution is 2.47. The molecule has 7 heteroatoms. The van der Waals surface area contributed by atoms with Crippen LogP contribution in [0.25, 0.3) is 11.1 Å². The van der Waals surface area contributed by atoms with E-state index in [2.05, 4.69) is 29.6 Å². The molecule has 1 saturated carbocycles. The Bertz CT molecular complexity index is 1070. The smallest absolute Gasteiger partial charge is 0.407 e. The van der Waals surface area contributed by atoms with Crippen LogP contribution in [0.1, 0.15) is 55.6 Å². The quantitative estimate of drug-likeness (QED) is 0.588. The van der Waals surface area contributed by atoms with Crippen LogP contribution >= 0.6 is 0 Å². The summed E-state index contributed by atoms with van der Waals surface area (Å²) in [5.74, 6) is -0.288. The molecule has 0 radical (unpaired) electrons. The van der Waals surface area contributed by atoms with Crippen LogP contribution in [0.4, 0.5) is 4.79 Å². The molecule has 7 nitrogen and oxygen atoms in total. The summed E-state index contributed by atoms with van der Waals surface area (Å²) in [6.07, 6.45) is 3.60. The van der Waals surface area contributed by atoms with E-state index in [0.717, 1.165) is 25.7 Å². The summed E-state index contributed by atoms with van der Waals surface area (Å²) < 4.78 is 5.63. The predicted molar refractivity (Wildman–Crippen MR) is 131 cm³/mol. The van der Waals surface area contributed by atoms with Gasteiger partial charge in [-0.2, -0.15) is 0 Å². The SMILES string of the molecule is O=C(O)CCC1CCN(C(=O)C2(CNC(=O)OCC3c4ccccc4-c4ccccc43)CC2)CC1. The van der Waals surface area contributed by atoms with Gasteiger partial charge in [-0.15, -0.1) is 0 Å². The van der Waals surface area contributed by atoms with E-state index in [1.54, 1.807) is 0 Å². The van der Waals surface area contributed by atoms with Gasteiger partial charge in [-0.05, 0) is 60.3 Å². The van der Waals surface area contributed by atoms with Crippen molar-refractivity contribution < 1.29 is 24.2 Å². The number of hydrogen-bond donors (Lipinski definition) is 2. The zero-order chi connectivity index (χ0) is 24.4. The Hall–Kier alpha value is -3.35. The van der Waals surface area contributed by atoms with Gasteiger partial charge in [-0.25, -0.2) is 4.79 Å². The van der Waals surface area contributed by atoms with Crippen molar-refractivity contribution in [1.29, 1.82) is 0 Å². The minimum Gasteiger partial charge on any atom is -0.481 e. The molecule has 0 unspecified atom stereocenters. The molecule has 184 valence electrons. The first-order valence-electron chi connectivity index (χ1n) is 12.6. The fourth-order valence-electron chi connectivity index (χ4n) is 5.60. The molecule has 0 aromatic heterocycles. The van der Waals surface area contributed by atoms with E-state index in [-0.39, 0.29) is 24.9 Å². The lowest BCUT2D eigenvalue weighted by Crippen LogP contribution is -2.46. The standard InChI is InChI=1S/C28H32N2O5/c31-25(32)10-9-19-11-15-30(16-12-19)26(33)28(13-14-28)18-29-27(34)35-17-24-22-7-3-1-5-20(22)21-6-2-4-8-23(21)24/h1-8,19,24H,9-18H2,(H,29,34)(H,31,32). The van der Waals surface area contributed by atoms with Crippen LogP contribution in [0.15, 0.2) is 48.5 Å². The van der Waals surface area contributed by atoms with Crippen molar-refractivity contribution in [3.63, 3.8) is 0 Å². The van der Waals surface area contributed by atoms with Gasteiger partial charge in [-0.3, -0.25) is 9.59 Å². The Morgan fingerprint density at radius 2 is 1.57 bits per heavy atom. The number of carbonyl (C=O) groups excluding carboxylic acids is 2. The van der Waals surface area contributed by atoms with Gasteiger partial charge < -0.3 is 20.1 Å². The van der Waals surface area contributed by atoms with Crippen LogP contribution in [0.3, 0.4) is 0 Å². The summed E-state index contributed by atoms with van der Waals surface area (Å²) in [5, 5.41) is 11.7. The second-order valence-corrected chi connectivity index (χ2v) is 10.1. The number of carbonyl (C=O) groups is 3. The normalized spacial score (nSPS) is 18.5. The Morgan fingerprint density at radius 1 is 0.971 bits per heavy atom. The van der Waals surface area contributed by atoms with Crippen molar-refractivity contribution >= 4 is 18.0 Å². The van der Waals surface area contributed by atoms with Crippen LogP contribution in [-0.2, 0) is 14.3 Å². The van der Waals surface area contributed by atoms with E-state index < -0.39 is 17.5 Å². The zero-order valence-corrected chi connectivity index (χ0v) is 19.9. The maximum atomic E-state index is 13.1. The van der Waals surface area contributed by atoms with E-state index in [1.807, 2.05) is 29.2 Å². The average molecular weight is 477 g/mol. The molecule has 2 aromatic carbocycles. The summed E-state index contributed by atoms with van der Waals surface area (Å²) >= 11 is 0. The number of ether oxygens (including phenoxy) is 1. The Morgan fingerprint density at radius 3 is 2.14 bits per heavy atom. The number of nitrogens with zero attached hydrogens (tertiary/aromatic N) is 1. The van der Waals surface area contributed by atoms with Crippen molar-refractivity contribution in [1.82, 2.24) is 10.2 Å². The van der Waals surface area contributed by atoms with Crippen LogP contribution < -0.4 is 5.32 Å². The lowest BCUT2D eigenvalue weighted by Gasteiger charge is -2.34. The first-order chi connectivity index (χ1) is 17.0. The van der Waals surface area contributed by atoms with Crippen LogP contribution in [0.2, 0.25) is 0 Å². The number of carboxylic acids is 1. The Balaban J connectivity index is 1.11. The van der Waals surface area contributed by atoms with Gasteiger partial charge in [-0.1, -0.05) is 48.5 Å². The molecule has 2 fully saturated rings. The first kappa shape index (κ1) is 23.4. The molecule has 0 spiro atoms. The summed E-state index contributed by atoms with van der Waals surface area (Å²) in [7, 11) is 0. The topological polar surface area (TPSA) is 95.9 Å². The predicted octanol–water partition coefficient (Wildman–Crippen LogP) is 4.41. The molecule has 2 N–H and O–H groups in total. The van der Waals surface area contributed by atoms with Gasteiger partial charge in [0.1, 0.15) is 6.61 Å². The van der Waals surface area contributed by atoms with E-state index in [4.69, 9.17) is 9.84 Å². The lowest BCUT2D eigenvalue weighted by molar-refractivity contribution is -0.140. The zero-order valence-electron chi connectivity index (χ0n) is 19.9. The lowest BCUT2D eigenvalue weighted by atomic mass is 9.91. The van der Waals surface area contributed by atoms with E-state index in [0.29, 0.717) is 32.0 Å². The number of rotatable bonds is 8. The van der Waals surface area contributed by atoms with Gasteiger partial charge in [0.15, 0.2) is 0 Å². The van der Waals surface area contributed by atoms with E-state index in [9.17, 15) is 14.4 Å². The summed E-state index contributed by atoms with van der Waals surface area (Å²) in [4.78, 5) is 38.4. The van der Waals surface area contributed by atoms with Gasteiger partial charge >= 0.3 is 12.1 Å². The molecule has 2 aliphatic carbocycles. The van der Waals surface area contributed by atoms with Gasteiger partial charge in [0, 0.05) is 32.0 Å². The number of carboxylic acid groups (broad SMARTS) is 1. The molecule has 2 amide bonds. The molecule has 2 aromatic rings. The number of benzene rings is 2. The highest BCUT2D eigenvalue weighted by Gasteiger charge is 2.52. The van der Waals surface area contributed by atoms with Crippen molar-refractivity contribution in [3.8, 4) is 11.1 Å². The largest absolute Gasteiger partial charge is 0.481 e. The fourth-order valence-corrected chi connectivity index (χ4v) is 5.60. The monoisotopic (exact) mass is 476 g/mol. The van der Waals surface area contributed by atoms with Gasteiger partial charge in [0.2, 0.25) is 5.91 Å². The molecule has 0 atom stereocenters. The van der Waals surface area contributed by atoms with Gasteiger partial charge in [0.05, 0.1) is 5.41 Å². The number of likely N-dealkylation sites (tertiary alicyclic amines) is 1. The number of hydrogen-bond acceptors (Lipinski definition) is 4. The van der Waals surface area contributed by atoms with Crippen molar-refractivity contribution in [2.45, 2.75) is 44.4 Å². The molecule has 35 heavy (non-hydrogen) atoms. The summed E-state index contributed by atoms with van der Waals surface area (Å²) in [6.45, 7) is 1.87. The molecule has 3 aliphatic rings. The van der Waals surface area contributed by atoms with E-state index in [1.165, 1.54) is 22.3 Å². The third-order valence-corrected chi connectivity index (χ3v) is 7.89. The average Bonchev–Trinajstić information content (AvgIpc) is 3.61. The first-order valence-corrected chi connectivity index (χ1v) is 12.6. The third kappa shape index (κ3) is 4.90. The number of aliphatic carboxylic acids is 1. The minimum absolute atomic E-state index is 0.00656. The molecule has 1 aliphatic heterocycles. The number of piperidine rings is 1. The maximum Gasteiger partial charge on any atom is 0.407 e. The van der Waals surface area contributed by atoms with Gasteiger partial charge in [0.25, 0.3) is 0 Å². The summed E-state index contributed by atoms with van der Waals surface area (Å²) in [5.41, 5.74) is 4.20. The fraction of sp³-hybridized carbons (Fsp3) is 0.464. The van der Waals surface area contributed by atoms with Crippen LogP contribution in [0, 0.1) is 11.3 Å². The molecule has 0 bridgehead atoms. The van der Waals surface area contributed by atoms with Crippen molar-refractivity contribution in [2.24, 2.45) is 11.3 Å². The molecule has 5 rings (SSSR count). The van der Waals surface area contributed by atoms with Crippen molar-refractivity contribution in [2.75, 3.05) is 26.2 Å². The maximum absolute atomic E-state index is 13.1. The number of nitrogens with one attached hydrogen (secondary N) is 1. The number of fused-ring (bicyclic) bond motifs is 3. The Labute approximate surface area is 205 Å². The molecular formula is C28H32N2O5. The highest BCUT2D eigenvalue weighted by atomic mass is 16.5. The van der Waals surface area contributed by atoms with E-state index >= 15 is 0 Å². The van der Waals surface area contributed by atoms with Crippen molar-refractivity contribution in [3.05, 3.63) is 59.7 Å². The highest BCUT2D eigenvalue weighted by molar-refractivity contribution is 5.86. The summed E-state index contributed by atoms with van der Waals surface area (Å²) in [6, 6.07) is 16.4. The van der Waals surface area contributed by atoms with Crippen LogP contribution in [-0.4, -0.2) is 54.2 Å². The number of alkyl carbamates (subject to hydrolysis) is 1. The molecule has 1 heterocycles. The minimum atomic E-state index is -0.764. The second kappa shape index (κ2) is 9.72. The third-order valence-electron chi connectivity index (χ3n) is 7.89. The second-order valence-electron chi connectivity index (χ2n) is 10.1. The molecular weight excluding hydrogens is 444 g/mol. The number of amides is 2. The Kier molecular flexibility index (Phi) is 6.50.